The van der Waals surface area contributed by atoms with Crippen LogP contribution in [0.2, 0.25) is 5.02 Å². The zero-order chi connectivity index (χ0) is 26.7. The van der Waals surface area contributed by atoms with Crippen LogP contribution in [0.3, 0.4) is 0 Å². The third-order valence-corrected chi connectivity index (χ3v) is 6.27. The van der Waals surface area contributed by atoms with Gasteiger partial charge in [-0.1, -0.05) is 17.7 Å². The quantitative estimate of drug-likeness (QED) is 0.262. The Bertz CT molecular complexity index is 1350. The Morgan fingerprint density at radius 3 is 2.22 bits per heavy atom. The summed E-state index contributed by atoms with van der Waals surface area (Å²) in [4.78, 5) is 32.3. The van der Waals surface area contributed by atoms with Gasteiger partial charge in [0.2, 0.25) is 5.75 Å². The fraction of sp³-hybridized carbons (Fsp3) is 0.222. The van der Waals surface area contributed by atoms with Crippen LogP contribution in [0.15, 0.2) is 60.4 Å². The van der Waals surface area contributed by atoms with Gasteiger partial charge in [-0.2, -0.15) is 0 Å². The molecule has 1 fully saturated rings. The van der Waals surface area contributed by atoms with Crippen LogP contribution in [-0.2, 0) is 16.1 Å². The molecule has 1 amide bonds. The van der Waals surface area contributed by atoms with Crippen molar-refractivity contribution in [2.45, 2.75) is 12.6 Å². The normalized spacial score (nSPS) is 16.6. The molecule has 4 rings (SSSR count). The Morgan fingerprint density at radius 1 is 0.973 bits per heavy atom. The highest BCUT2D eigenvalue weighted by Crippen LogP contribution is 2.46. The molecule has 0 aliphatic carbocycles. The highest BCUT2D eigenvalue weighted by Gasteiger charge is 2.47. The van der Waals surface area contributed by atoms with Gasteiger partial charge in [0.05, 0.1) is 45.6 Å². The van der Waals surface area contributed by atoms with Gasteiger partial charge in [-0.05, 0) is 47.5 Å². The van der Waals surface area contributed by atoms with Crippen molar-refractivity contribution in [2.75, 3.05) is 28.4 Å². The number of hydrogen-bond donors (Lipinski definition) is 1. The van der Waals surface area contributed by atoms with Gasteiger partial charge in [0.1, 0.15) is 11.5 Å². The van der Waals surface area contributed by atoms with E-state index in [0.717, 1.165) is 0 Å². The van der Waals surface area contributed by atoms with E-state index >= 15 is 0 Å². The number of aliphatic hydroxyl groups excluding tert-OH is 1. The third-order valence-electron chi connectivity index (χ3n) is 6.04. The average Bonchev–Trinajstić information content (AvgIpc) is 3.17. The molecule has 0 saturated carbocycles. The maximum atomic E-state index is 13.4. The zero-order valence-corrected chi connectivity index (χ0v) is 21.4. The van der Waals surface area contributed by atoms with Gasteiger partial charge >= 0.3 is 0 Å². The summed E-state index contributed by atoms with van der Waals surface area (Å²) in [5, 5.41) is 11.8. The molecule has 0 spiro atoms. The van der Waals surface area contributed by atoms with E-state index < -0.39 is 23.5 Å². The molecule has 9 nitrogen and oxygen atoms in total. The minimum Gasteiger partial charge on any atom is -0.507 e. The molecule has 192 valence electrons. The van der Waals surface area contributed by atoms with Gasteiger partial charge in [0.25, 0.3) is 11.7 Å². The second-order valence-corrected chi connectivity index (χ2v) is 8.53. The SMILES string of the molecule is COc1ccc(Cl)cc1/C(O)=C1\C(=O)C(=O)N(Cc2cccnc2)C1c1cc(OC)c(OC)c(OC)c1. The zero-order valence-electron chi connectivity index (χ0n) is 20.6. The lowest BCUT2D eigenvalue weighted by Gasteiger charge is -2.26. The smallest absolute Gasteiger partial charge is 0.295 e. The molecule has 1 aromatic heterocycles. The van der Waals surface area contributed by atoms with Crippen LogP contribution in [0.1, 0.15) is 22.7 Å². The first-order valence-electron chi connectivity index (χ1n) is 11.2. The van der Waals surface area contributed by atoms with Crippen molar-refractivity contribution in [3.05, 3.63) is 82.1 Å². The molecule has 0 radical (unpaired) electrons. The first-order valence-corrected chi connectivity index (χ1v) is 11.5. The van der Waals surface area contributed by atoms with Gasteiger partial charge in [-0.3, -0.25) is 14.6 Å². The molecular formula is C27H25ClN2O7. The molecule has 1 saturated heterocycles. The molecule has 1 N–H and O–H groups in total. The number of amides is 1. The molecule has 2 aromatic carbocycles. The number of ketones is 1. The van der Waals surface area contributed by atoms with Crippen molar-refractivity contribution in [1.82, 2.24) is 9.88 Å². The topological polar surface area (TPSA) is 107 Å². The summed E-state index contributed by atoms with van der Waals surface area (Å²) >= 11 is 6.19. The summed E-state index contributed by atoms with van der Waals surface area (Å²) in [5.41, 5.74) is 1.19. The molecule has 37 heavy (non-hydrogen) atoms. The van der Waals surface area contributed by atoms with Crippen molar-refractivity contribution >= 4 is 29.1 Å². The highest BCUT2D eigenvalue weighted by molar-refractivity contribution is 6.46. The predicted molar refractivity (Wildman–Crippen MR) is 136 cm³/mol. The van der Waals surface area contributed by atoms with E-state index in [1.165, 1.54) is 39.4 Å². The van der Waals surface area contributed by atoms with Crippen LogP contribution in [0.4, 0.5) is 0 Å². The number of aliphatic hydroxyl groups is 1. The van der Waals surface area contributed by atoms with Gasteiger partial charge < -0.3 is 29.0 Å². The number of methoxy groups -OCH3 is 4. The number of halogens is 1. The number of Topliss-reactive ketones (excluding diaryl/α,β-unsaturated/α-hetero) is 1. The van der Waals surface area contributed by atoms with E-state index in [-0.39, 0.29) is 23.4 Å². The molecular weight excluding hydrogens is 500 g/mol. The molecule has 10 heteroatoms. The Hall–Kier alpha value is -4.24. The van der Waals surface area contributed by atoms with E-state index in [2.05, 4.69) is 4.98 Å². The Balaban J connectivity index is 1.99. The van der Waals surface area contributed by atoms with Gasteiger partial charge in [-0.15, -0.1) is 0 Å². The summed E-state index contributed by atoms with van der Waals surface area (Å²) in [7, 11) is 5.83. The number of aromatic nitrogens is 1. The van der Waals surface area contributed by atoms with Crippen molar-refractivity contribution in [3.8, 4) is 23.0 Å². The van der Waals surface area contributed by atoms with Gasteiger partial charge in [-0.25, -0.2) is 0 Å². The van der Waals surface area contributed by atoms with E-state index in [1.807, 2.05) is 0 Å². The fourth-order valence-corrected chi connectivity index (χ4v) is 4.52. The molecule has 1 atom stereocenters. The number of carbonyl (C=O) groups is 2. The predicted octanol–water partition coefficient (Wildman–Crippen LogP) is 4.39. The molecule has 3 aromatic rings. The Morgan fingerprint density at radius 2 is 1.65 bits per heavy atom. The van der Waals surface area contributed by atoms with E-state index in [0.29, 0.717) is 33.4 Å². The van der Waals surface area contributed by atoms with E-state index in [9.17, 15) is 14.7 Å². The summed E-state index contributed by atoms with van der Waals surface area (Å²) in [6.07, 6.45) is 3.21. The second kappa shape index (κ2) is 10.8. The standard InChI is InChI=1S/C27H25ClN2O7/c1-34-19-8-7-17(28)12-18(19)24(31)22-23(16-10-20(35-2)26(37-4)21(11-16)36-3)30(27(33)25(22)32)14-15-6-5-9-29-13-15/h5-13,23,31H,14H2,1-4H3/b24-22+. The van der Waals surface area contributed by atoms with Crippen LogP contribution >= 0.6 is 11.6 Å². The first-order chi connectivity index (χ1) is 17.8. The van der Waals surface area contributed by atoms with Crippen LogP contribution in [0.5, 0.6) is 23.0 Å². The van der Waals surface area contributed by atoms with Gasteiger partial charge in [0.15, 0.2) is 11.5 Å². The lowest BCUT2D eigenvalue weighted by atomic mass is 9.94. The maximum absolute atomic E-state index is 13.4. The van der Waals surface area contributed by atoms with Crippen molar-refractivity contribution in [2.24, 2.45) is 0 Å². The molecule has 1 aliphatic rings. The highest BCUT2D eigenvalue weighted by atomic mass is 35.5. The molecule has 1 aliphatic heterocycles. The van der Waals surface area contributed by atoms with E-state index in [4.69, 9.17) is 30.5 Å². The lowest BCUT2D eigenvalue weighted by molar-refractivity contribution is -0.140. The monoisotopic (exact) mass is 524 g/mol. The summed E-state index contributed by atoms with van der Waals surface area (Å²) in [6.45, 7) is 0.0587. The second-order valence-electron chi connectivity index (χ2n) is 8.09. The average molecular weight is 525 g/mol. The number of benzene rings is 2. The van der Waals surface area contributed by atoms with Crippen LogP contribution in [-0.4, -0.2) is 55.1 Å². The van der Waals surface area contributed by atoms with Crippen molar-refractivity contribution < 1.29 is 33.6 Å². The van der Waals surface area contributed by atoms with Crippen molar-refractivity contribution in [3.63, 3.8) is 0 Å². The summed E-state index contributed by atoms with van der Waals surface area (Å²) in [5.74, 6) is -0.802. The third kappa shape index (κ3) is 4.77. The molecule has 2 heterocycles. The summed E-state index contributed by atoms with van der Waals surface area (Å²) < 4.78 is 21.8. The summed E-state index contributed by atoms with van der Waals surface area (Å²) in [6, 6.07) is 10.4. The van der Waals surface area contributed by atoms with Gasteiger partial charge in [0, 0.05) is 24.0 Å². The lowest BCUT2D eigenvalue weighted by Crippen LogP contribution is -2.29. The number of likely N-dealkylation sites (tertiary alicyclic amines) is 1. The maximum Gasteiger partial charge on any atom is 0.295 e. The van der Waals surface area contributed by atoms with Crippen molar-refractivity contribution in [1.29, 1.82) is 0 Å². The largest absolute Gasteiger partial charge is 0.507 e. The van der Waals surface area contributed by atoms with Crippen LogP contribution in [0, 0.1) is 0 Å². The fourth-order valence-electron chi connectivity index (χ4n) is 4.35. The van der Waals surface area contributed by atoms with E-state index in [1.54, 1.807) is 48.8 Å². The number of hydrogen-bond acceptors (Lipinski definition) is 8. The molecule has 0 bridgehead atoms. The van der Waals surface area contributed by atoms with Crippen LogP contribution in [0.25, 0.3) is 5.76 Å². The minimum atomic E-state index is -1.00. The molecule has 1 unspecified atom stereocenters. The number of rotatable bonds is 8. The number of carbonyl (C=O) groups excluding carboxylic acids is 2. The number of pyridine rings is 1. The first kappa shape index (κ1) is 25.8. The number of ether oxygens (including phenoxy) is 4. The number of nitrogens with zero attached hydrogens (tertiary/aromatic N) is 2. The van der Waals surface area contributed by atoms with Crippen LogP contribution < -0.4 is 18.9 Å². The Labute approximate surface area is 218 Å². The Kier molecular flexibility index (Phi) is 7.54. The minimum absolute atomic E-state index is 0.0587.